The number of hydrogen-bond acceptors (Lipinski definition) is 5. The number of para-hydroxylation sites is 1. The minimum Gasteiger partial charge on any atom is -0.339 e. The van der Waals surface area contributed by atoms with Gasteiger partial charge in [0.1, 0.15) is 11.9 Å². The Balaban J connectivity index is 1.65. The van der Waals surface area contributed by atoms with Gasteiger partial charge in [-0.2, -0.15) is 23.5 Å². The van der Waals surface area contributed by atoms with Crippen molar-refractivity contribution in [3.63, 3.8) is 0 Å². The van der Waals surface area contributed by atoms with Crippen LogP contribution >= 0.6 is 0 Å². The molecular weight excluding hydrogens is 533 g/mol. The third-order valence-electron chi connectivity index (χ3n) is 7.03. The summed E-state index contributed by atoms with van der Waals surface area (Å²) in [6.45, 7) is 2.22. The molecule has 0 saturated carbocycles. The first-order chi connectivity index (χ1) is 19.7. The molecule has 0 aliphatic carbocycles. The van der Waals surface area contributed by atoms with E-state index in [1.54, 1.807) is 36.0 Å². The van der Waals surface area contributed by atoms with Gasteiger partial charge in [-0.05, 0) is 48.4 Å². The van der Waals surface area contributed by atoms with Crippen molar-refractivity contribution in [3.05, 3.63) is 113 Å². The zero-order valence-electron chi connectivity index (χ0n) is 21.9. The second-order valence-electron chi connectivity index (χ2n) is 9.42. The molecule has 1 aromatic heterocycles. The number of nitriles is 1. The minimum absolute atomic E-state index is 0.172. The Morgan fingerprint density at radius 3 is 2.46 bits per heavy atom. The molecule has 5 rings (SSSR count). The van der Waals surface area contributed by atoms with Crippen LogP contribution in [0.1, 0.15) is 45.5 Å². The number of halogens is 3. The van der Waals surface area contributed by atoms with E-state index in [0.717, 1.165) is 23.9 Å². The molecule has 1 aliphatic heterocycles. The van der Waals surface area contributed by atoms with Gasteiger partial charge in [0.25, 0.3) is 11.8 Å². The summed E-state index contributed by atoms with van der Waals surface area (Å²) >= 11 is 0. The molecule has 41 heavy (non-hydrogen) atoms. The third kappa shape index (κ3) is 5.24. The van der Waals surface area contributed by atoms with Crippen LogP contribution in [0, 0.1) is 11.5 Å². The van der Waals surface area contributed by atoms with Gasteiger partial charge in [0.2, 0.25) is 0 Å². The van der Waals surface area contributed by atoms with Crippen LogP contribution in [0.25, 0.3) is 5.69 Å². The number of hydrogen-bond donors (Lipinski definition) is 2. The molecular formula is C30H25F3N6O2. The highest BCUT2D eigenvalue weighted by atomic mass is 19.4. The number of benzene rings is 3. The van der Waals surface area contributed by atoms with E-state index in [2.05, 4.69) is 15.7 Å². The van der Waals surface area contributed by atoms with E-state index in [9.17, 15) is 22.8 Å². The van der Waals surface area contributed by atoms with E-state index >= 15 is 0 Å². The second kappa shape index (κ2) is 11.2. The summed E-state index contributed by atoms with van der Waals surface area (Å²) in [5, 5.41) is 19.1. The molecule has 0 saturated heterocycles. The number of aromatic nitrogens is 2. The molecule has 0 unspecified atom stereocenters. The van der Waals surface area contributed by atoms with Gasteiger partial charge in [-0.25, -0.2) is 4.68 Å². The van der Waals surface area contributed by atoms with Crippen LogP contribution in [-0.4, -0.2) is 34.2 Å². The van der Waals surface area contributed by atoms with Gasteiger partial charge >= 0.3 is 6.18 Å². The van der Waals surface area contributed by atoms with Crippen molar-refractivity contribution < 1.29 is 22.8 Å². The molecule has 2 amide bonds. The lowest BCUT2D eigenvalue weighted by atomic mass is 9.80. The summed E-state index contributed by atoms with van der Waals surface area (Å²) in [5.74, 6) is -1.47. The fourth-order valence-electron chi connectivity index (χ4n) is 5.19. The summed E-state index contributed by atoms with van der Waals surface area (Å²) in [7, 11) is 0. The number of rotatable bonds is 7. The Bertz CT molecular complexity index is 1630. The van der Waals surface area contributed by atoms with E-state index in [1.807, 2.05) is 42.6 Å². The minimum atomic E-state index is -4.63. The van der Waals surface area contributed by atoms with Crippen molar-refractivity contribution in [2.24, 2.45) is 0 Å². The number of likely N-dealkylation sites (N-methyl/N-ethyl adjacent to an activating group) is 1. The molecule has 0 spiro atoms. The lowest BCUT2D eigenvalue weighted by Crippen LogP contribution is -2.55. The van der Waals surface area contributed by atoms with Gasteiger partial charge in [-0.3, -0.25) is 14.5 Å². The maximum absolute atomic E-state index is 14.1. The molecule has 208 valence electrons. The Kier molecular flexibility index (Phi) is 7.48. The molecule has 2 heterocycles. The number of carbonyl (C=O) groups is 2. The molecule has 0 radical (unpaired) electrons. The lowest BCUT2D eigenvalue weighted by molar-refractivity contribution is -0.137. The lowest BCUT2D eigenvalue weighted by Gasteiger charge is -2.38. The number of fused-ring (bicyclic) bond motifs is 1. The number of carbonyl (C=O) groups excluding carboxylic acids is 2. The zero-order valence-corrected chi connectivity index (χ0v) is 21.9. The first-order valence-electron chi connectivity index (χ1n) is 12.9. The normalized spacial score (nSPS) is 16.6. The van der Waals surface area contributed by atoms with E-state index < -0.39 is 35.5 Å². The topological polar surface area (TPSA) is 103 Å². The first kappa shape index (κ1) is 27.5. The summed E-state index contributed by atoms with van der Waals surface area (Å²) in [6, 6.07) is 19.4. The summed E-state index contributed by atoms with van der Waals surface area (Å²) in [4.78, 5) is 29.0. The molecule has 4 aromatic rings. The van der Waals surface area contributed by atoms with Gasteiger partial charge < -0.3 is 10.6 Å². The quantitative estimate of drug-likeness (QED) is 0.252. The number of amides is 2. The van der Waals surface area contributed by atoms with Crippen LogP contribution in [0.15, 0.2) is 85.1 Å². The molecule has 0 fully saturated rings. The van der Waals surface area contributed by atoms with Gasteiger partial charge in [-0.15, -0.1) is 0 Å². The maximum atomic E-state index is 14.1. The van der Waals surface area contributed by atoms with Crippen molar-refractivity contribution in [1.82, 2.24) is 20.4 Å². The van der Waals surface area contributed by atoms with E-state index in [-0.39, 0.29) is 18.7 Å². The van der Waals surface area contributed by atoms with Crippen LogP contribution in [0.4, 0.5) is 19.0 Å². The predicted molar refractivity (Wildman–Crippen MR) is 145 cm³/mol. The maximum Gasteiger partial charge on any atom is 0.416 e. The smallest absolute Gasteiger partial charge is 0.339 e. The molecule has 11 heteroatoms. The number of nitrogens with one attached hydrogen (secondary N) is 2. The molecule has 1 aliphatic rings. The average molecular weight is 559 g/mol. The largest absolute Gasteiger partial charge is 0.416 e. The molecule has 2 N–H and O–H groups in total. The molecule has 2 atom stereocenters. The van der Waals surface area contributed by atoms with Crippen LogP contribution in [-0.2, 0) is 17.5 Å². The number of nitrogens with zero attached hydrogens (tertiary/aromatic N) is 4. The van der Waals surface area contributed by atoms with Gasteiger partial charge in [0.15, 0.2) is 6.19 Å². The average Bonchev–Trinajstić information content (AvgIpc) is 3.41. The zero-order chi connectivity index (χ0) is 29.1. The number of alkyl halides is 3. The van der Waals surface area contributed by atoms with Crippen molar-refractivity contribution in [1.29, 1.82) is 5.26 Å². The SMILES string of the molecule is CCN1C(=O)[C@@H](NC(=O)c2cccc(C(F)(F)F)c2)[C@H](c2ccccc2CNC#N)c2cnn(-c3ccccc3)c21. The monoisotopic (exact) mass is 558 g/mol. The fourth-order valence-corrected chi connectivity index (χ4v) is 5.19. The summed E-state index contributed by atoms with van der Waals surface area (Å²) in [5.41, 5.74) is 1.57. The van der Waals surface area contributed by atoms with Gasteiger partial charge in [0, 0.05) is 23.6 Å². The molecule has 0 bridgehead atoms. The van der Waals surface area contributed by atoms with Crippen LogP contribution in [0.5, 0.6) is 0 Å². The van der Waals surface area contributed by atoms with Crippen LogP contribution in [0.2, 0.25) is 0 Å². The summed E-state index contributed by atoms with van der Waals surface area (Å²) < 4.78 is 41.7. The van der Waals surface area contributed by atoms with Gasteiger partial charge in [0.05, 0.1) is 24.0 Å². The predicted octanol–water partition coefficient (Wildman–Crippen LogP) is 4.76. The number of anilines is 1. The van der Waals surface area contributed by atoms with Crippen molar-refractivity contribution in [3.8, 4) is 11.9 Å². The first-order valence-corrected chi connectivity index (χ1v) is 12.9. The summed E-state index contributed by atoms with van der Waals surface area (Å²) in [6.07, 6.45) is -1.10. The highest BCUT2D eigenvalue weighted by molar-refractivity contribution is 6.05. The van der Waals surface area contributed by atoms with Crippen LogP contribution < -0.4 is 15.5 Å². The van der Waals surface area contributed by atoms with E-state index in [1.165, 1.54) is 11.0 Å². The molecule has 8 nitrogen and oxygen atoms in total. The Hall–Kier alpha value is -5.11. The third-order valence-corrected chi connectivity index (χ3v) is 7.03. The standard InChI is InChI=1S/C30H25F3N6O2/c1-2-38-28-24(17-36-39(28)22-12-4-3-5-13-22)25(23-14-7-6-9-20(23)16-35-18-34)26(29(38)41)37-27(40)19-10-8-11-21(15-19)30(31,32)33/h3-15,17,25-26,35H,2,16H2,1H3,(H,37,40)/t25-,26+/m1/s1. The molecule has 3 aromatic carbocycles. The van der Waals surface area contributed by atoms with Crippen molar-refractivity contribution in [2.75, 3.05) is 11.4 Å². The Morgan fingerprint density at radius 1 is 1.02 bits per heavy atom. The van der Waals surface area contributed by atoms with Gasteiger partial charge in [-0.1, -0.05) is 48.5 Å². The highest BCUT2D eigenvalue weighted by Crippen LogP contribution is 2.42. The van der Waals surface area contributed by atoms with E-state index in [0.29, 0.717) is 22.5 Å². The highest BCUT2D eigenvalue weighted by Gasteiger charge is 2.45. The van der Waals surface area contributed by atoms with Crippen molar-refractivity contribution >= 4 is 17.6 Å². The van der Waals surface area contributed by atoms with Crippen LogP contribution in [0.3, 0.4) is 0 Å². The Morgan fingerprint density at radius 2 is 1.76 bits per heavy atom. The Labute approximate surface area is 234 Å². The fraction of sp³-hybridized carbons (Fsp3) is 0.200. The van der Waals surface area contributed by atoms with Crippen molar-refractivity contribution in [2.45, 2.75) is 31.6 Å². The van der Waals surface area contributed by atoms with E-state index in [4.69, 9.17) is 5.26 Å². The second-order valence-corrected chi connectivity index (χ2v) is 9.42.